The first-order valence-corrected chi connectivity index (χ1v) is 6.28. The van der Waals surface area contributed by atoms with Crippen LogP contribution in [0.15, 0.2) is 16.7 Å². The molecule has 0 radical (unpaired) electrons. The van der Waals surface area contributed by atoms with Crippen molar-refractivity contribution in [3.05, 3.63) is 23.7 Å². The van der Waals surface area contributed by atoms with Crippen molar-refractivity contribution in [3.8, 4) is 0 Å². The van der Waals surface area contributed by atoms with Crippen molar-refractivity contribution in [2.75, 3.05) is 40.0 Å². The predicted molar refractivity (Wildman–Crippen MR) is 68.9 cm³/mol. The van der Waals surface area contributed by atoms with Crippen LogP contribution in [0, 0.1) is 0 Å². The summed E-state index contributed by atoms with van der Waals surface area (Å²) < 4.78 is 15.3. The van der Waals surface area contributed by atoms with Gasteiger partial charge in [-0.25, -0.2) is 4.79 Å². The van der Waals surface area contributed by atoms with Crippen molar-refractivity contribution in [1.82, 2.24) is 4.90 Å². The molecule has 0 bridgehead atoms. The van der Waals surface area contributed by atoms with Gasteiger partial charge in [0.2, 0.25) is 0 Å². The van der Waals surface area contributed by atoms with Crippen LogP contribution in [0.25, 0.3) is 0 Å². The van der Waals surface area contributed by atoms with E-state index in [1.54, 1.807) is 20.1 Å². The Labute approximate surface area is 112 Å². The van der Waals surface area contributed by atoms with Gasteiger partial charge in [-0.3, -0.25) is 4.90 Å². The van der Waals surface area contributed by atoms with Crippen LogP contribution in [0.3, 0.4) is 0 Å². The molecule has 19 heavy (non-hydrogen) atoms. The molecule has 0 amide bonds. The highest BCUT2D eigenvalue weighted by Crippen LogP contribution is 2.14. The molecule has 0 saturated heterocycles. The molecular weight excluding hydrogens is 250 g/mol. The highest BCUT2D eigenvalue weighted by Gasteiger charge is 2.18. The maximum atomic E-state index is 11.7. The molecule has 0 fully saturated rings. The lowest BCUT2D eigenvalue weighted by molar-refractivity contribution is 0.0521. The van der Waals surface area contributed by atoms with E-state index in [9.17, 15) is 4.79 Å². The number of methoxy groups -OCH3 is 1. The number of rotatable bonds is 9. The molecule has 1 rings (SSSR count). The van der Waals surface area contributed by atoms with Crippen molar-refractivity contribution in [2.45, 2.75) is 13.5 Å². The van der Waals surface area contributed by atoms with Crippen LogP contribution in [-0.2, 0) is 16.0 Å². The zero-order valence-corrected chi connectivity index (χ0v) is 11.4. The van der Waals surface area contributed by atoms with Crippen molar-refractivity contribution in [1.29, 1.82) is 0 Å². The fourth-order valence-electron chi connectivity index (χ4n) is 1.69. The first-order valence-electron chi connectivity index (χ1n) is 6.28. The maximum Gasteiger partial charge on any atom is 0.341 e. The zero-order chi connectivity index (χ0) is 14.1. The van der Waals surface area contributed by atoms with Crippen LogP contribution in [0.5, 0.6) is 0 Å². The Hall–Kier alpha value is -1.37. The summed E-state index contributed by atoms with van der Waals surface area (Å²) in [6.07, 6.45) is 1.47. The second kappa shape index (κ2) is 8.68. The lowest BCUT2D eigenvalue weighted by atomic mass is 10.2. The highest BCUT2D eigenvalue weighted by atomic mass is 16.5. The lowest BCUT2D eigenvalue weighted by Gasteiger charge is -2.19. The lowest BCUT2D eigenvalue weighted by Crippen LogP contribution is -2.30. The zero-order valence-electron chi connectivity index (χ0n) is 11.4. The average molecular weight is 271 g/mol. The molecule has 1 heterocycles. The molecule has 0 aromatic carbocycles. The number of carbonyl (C=O) groups is 1. The Morgan fingerprint density at radius 2 is 2.26 bits per heavy atom. The Bertz CT molecular complexity index is 377. The standard InChI is InChI=1S/C13H21NO5/c1-3-18-13(16)11-4-8-19-12(11)10-14(5-7-15)6-9-17-2/h4,8,15H,3,5-7,9-10H2,1-2H3. The van der Waals surface area contributed by atoms with E-state index in [0.717, 1.165) is 0 Å². The smallest absolute Gasteiger partial charge is 0.341 e. The minimum absolute atomic E-state index is 0.0408. The number of furan rings is 1. The number of ether oxygens (including phenoxy) is 2. The van der Waals surface area contributed by atoms with Crippen LogP contribution in [0.1, 0.15) is 23.0 Å². The SMILES string of the molecule is CCOC(=O)c1ccoc1CN(CCO)CCOC. The van der Waals surface area contributed by atoms with Crippen LogP contribution in [0.2, 0.25) is 0 Å². The van der Waals surface area contributed by atoms with Gasteiger partial charge in [0.05, 0.1) is 32.6 Å². The summed E-state index contributed by atoms with van der Waals surface area (Å²) in [7, 11) is 1.62. The quantitative estimate of drug-likeness (QED) is 0.673. The number of hydrogen-bond donors (Lipinski definition) is 1. The number of esters is 1. The van der Waals surface area contributed by atoms with Gasteiger partial charge in [0.15, 0.2) is 0 Å². The highest BCUT2D eigenvalue weighted by molar-refractivity contribution is 5.90. The topological polar surface area (TPSA) is 72.1 Å². The third-order valence-electron chi connectivity index (χ3n) is 2.64. The molecule has 6 heteroatoms. The molecule has 1 aromatic heterocycles. The molecule has 0 saturated carbocycles. The molecule has 1 aromatic rings. The fraction of sp³-hybridized carbons (Fsp3) is 0.615. The van der Waals surface area contributed by atoms with Crippen molar-refractivity contribution < 1.29 is 23.8 Å². The van der Waals surface area contributed by atoms with E-state index >= 15 is 0 Å². The van der Waals surface area contributed by atoms with E-state index in [4.69, 9.17) is 19.0 Å². The minimum Gasteiger partial charge on any atom is -0.467 e. The summed E-state index contributed by atoms with van der Waals surface area (Å²) in [4.78, 5) is 13.7. The first kappa shape index (κ1) is 15.7. The van der Waals surface area contributed by atoms with Crippen LogP contribution >= 0.6 is 0 Å². The third kappa shape index (κ3) is 5.02. The van der Waals surface area contributed by atoms with Gasteiger partial charge < -0.3 is 19.0 Å². The number of nitrogens with zero attached hydrogens (tertiary/aromatic N) is 1. The van der Waals surface area contributed by atoms with E-state index in [1.807, 2.05) is 4.90 Å². The predicted octanol–water partition coefficient (Wildman–Crippen LogP) is 0.897. The van der Waals surface area contributed by atoms with E-state index in [1.165, 1.54) is 6.26 Å². The molecule has 0 unspecified atom stereocenters. The molecule has 0 spiro atoms. The average Bonchev–Trinajstić information content (AvgIpc) is 2.84. The normalized spacial score (nSPS) is 10.9. The van der Waals surface area contributed by atoms with Crippen molar-refractivity contribution >= 4 is 5.97 Å². The Morgan fingerprint density at radius 3 is 2.89 bits per heavy atom. The number of aliphatic hydroxyl groups is 1. The second-order valence-electron chi connectivity index (χ2n) is 3.97. The molecule has 0 aliphatic heterocycles. The van der Waals surface area contributed by atoms with Crippen LogP contribution in [-0.4, -0.2) is 56.0 Å². The van der Waals surface area contributed by atoms with Crippen LogP contribution in [0.4, 0.5) is 0 Å². The molecular formula is C13H21NO5. The Balaban J connectivity index is 2.67. The van der Waals surface area contributed by atoms with Gasteiger partial charge in [0.1, 0.15) is 11.3 Å². The molecule has 0 atom stereocenters. The van der Waals surface area contributed by atoms with Gasteiger partial charge in [-0.2, -0.15) is 0 Å². The molecule has 0 aliphatic rings. The Morgan fingerprint density at radius 1 is 1.47 bits per heavy atom. The first-order chi connectivity index (χ1) is 9.22. The monoisotopic (exact) mass is 271 g/mol. The number of aliphatic hydroxyl groups excluding tert-OH is 1. The van der Waals surface area contributed by atoms with Gasteiger partial charge in [0.25, 0.3) is 0 Å². The largest absolute Gasteiger partial charge is 0.467 e. The summed E-state index contributed by atoms with van der Waals surface area (Å²) in [6.45, 7) is 4.26. The minimum atomic E-state index is -0.387. The second-order valence-corrected chi connectivity index (χ2v) is 3.97. The van der Waals surface area contributed by atoms with Gasteiger partial charge in [-0.1, -0.05) is 0 Å². The summed E-state index contributed by atoms with van der Waals surface area (Å²) in [5.74, 6) is 0.157. The van der Waals surface area contributed by atoms with Crippen LogP contribution < -0.4 is 0 Å². The fourth-order valence-corrected chi connectivity index (χ4v) is 1.69. The molecule has 0 aliphatic carbocycles. The number of hydrogen-bond acceptors (Lipinski definition) is 6. The summed E-state index contributed by atoms with van der Waals surface area (Å²) >= 11 is 0. The van der Waals surface area contributed by atoms with Crippen molar-refractivity contribution in [3.63, 3.8) is 0 Å². The van der Waals surface area contributed by atoms with Gasteiger partial charge in [0, 0.05) is 20.2 Å². The van der Waals surface area contributed by atoms with E-state index < -0.39 is 0 Å². The summed E-state index contributed by atoms with van der Waals surface area (Å²) in [5.41, 5.74) is 0.433. The van der Waals surface area contributed by atoms with Gasteiger partial charge in [-0.05, 0) is 13.0 Å². The van der Waals surface area contributed by atoms with Gasteiger partial charge in [-0.15, -0.1) is 0 Å². The van der Waals surface area contributed by atoms with Crippen molar-refractivity contribution in [2.24, 2.45) is 0 Å². The van der Waals surface area contributed by atoms with Gasteiger partial charge >= 0.3 is 5.97 Å². The van der Waals surface area contributed by atoms with E-state index in [-0.39, 0.29) is 12.6 Å². The molecule has 6 nitrogen and oxygen atoms in total. The van der Waals surface area contributed by atoms with E-state index in [0.29, 0.717) is 44.2 Å². The Kier molecular flexibility index (Phi) is 7.17. The molecule has 108 valence electrons. The molecule has 1 N–H and O–H groups in total. The third-order valence-corrected chi connectivity index (χ3v) is 2.64. The summed E-state index contributed by atoms with van der Waals surface area (Å²) in [5, 5.41) is 9.02. The maximum absolute atomic E-state index is 11.7. The summed E-state index contributed by atoms with van der Waals surface area (Å²) in [6, 6.07) is 1.60. The number of carbonyl (C=O) groups excluding carboxylic acids is 1. The van der Waals surface area contributed by atoms with E-state index in [2.05, 4.69) is 0 Å².